The second-order valence-corrected chi connectivity index (χ2v) is 11.0. The van der Waals surface area contributed by atoms with Crippen LogP contribution in [-0.2, 0) is 31.4 Å². The maximum absolute atomic E-state index is 13.3. The van der Waals surface area contributed by atoms with Crippen LogP contribution in [0.25, 0.3) is 10.2 Å². The fourth-order valence-corrected chi connectivity index (χ4v) is 6.03. The number of halogens is 1. The van der Waals surface area contributed by atoms with Gasteiger partial charge in [0.05, 0.1) is 29.9 Å². The van der Waals surface area contributed by atoms with Gasteiger partial charge in [-0.1, -0.05) is 35.9 Å². The van der Waals surface area contributed by atoms with Crippen molar-refractivity contribution < 1.29 is 14.6 Å². The molecule has 0 spiro atoms. The predicted molar refractivity (Wildman–Crippen MR) is 153 cm³/mol. The van der Waals surface area contributed by atoms with Crippen LogP contribution in [-0.4, -0.2) is 41.2 Å². The summed E-state index contributed by atoms with van der Waals surface area (Å²) in [6, 6.07) is 14.7. The summed E-state index contributed by atoms with van der Waals surface area (Å²) < 4.78 is 7.84. The lowest BCUT2D eigenvalue weighted by Gasteiger charge is -2.21. The van der Waals surface area contributed by atoms with Crippen LogP contribution in [0.5, 0.6) is 5.75 Å². The van der Waals surface area contributed by atoms with Crippen molar-refractivity contribution in [3.8, 4) is 5.75 Å². The molecule has 1 amide bonds. The van der Waals surface area contributed by atoms with E-state index in [-0.39, 0.29) is 17.8 Å². The van der Waals surface area contributed by atoms with Crippen molar-refractivity contribution in [3.63, 3.8) is 0 Å². The maximum Gasteiger partial charge on any atom is 0.224 e. The lowest BCUT2D eigenvalue weighted by molar-refractivity contribution is -0.120. The Hall–Kier alpha value is -3.17. The number of nitrogens with zero attached hydrogens (tertiary/aromatic N) is 2. The third kappa shape index (κ3) is 6.45. The van der Waals surface area contributed by atoms with E-state index >= 15 is 0 Å². The number of hydrogen-bond acceptors (Lipinski definition) is 6. The van der Waals surface area contributed by atoms with Gasteiger partial charge >= 0.3 is 0 Å². The van der Waals surface area contributed by atoms with Gasteiger partial charge in [-0.3, -0.25) is 14.5 Å². The smallest absolute Gasteiger partial charge is 0.224 e. The number of thiophene rings is 1. The minimum Gasteiger partial charge on any atom is -0.497 e. The molecule has 2 N–H and O–H groups in total. The Morgan fingerprint density at radius 2 is 1.97 bits per heavy atom. The summed E-state index contributed by atoms with van der Waals surface area (Å²) in [5, 5.41) is 14.3. The van der Waals surface area contributed by atoms with Crippen molar-refractivity contribution in [2.45, 2.75) is 32.5 Å². The number of carbonyl (C=O) groups excluding carboxylic acids is 1. The van der Waals surface area contributed by atoms with Gasteiger partial charge in [0.2, 0.25) is 11.3 Å². The van der Waals surface area contributed by atoms with Gasteiger partial charge in [-0.15, -0.1) is 11.3 Å². The van der Waals surface area contributed by atoms with Crippen LogP contribution in [0.4, 0.5) is 0 Å². The number of carbonyl (C=O) groups is 1. The van der Waals surface area contributed by atoms with E-state index in [1.807, 2.05) is 66.9 Å². The van der Waals surface area contributed by atoms with Crippen LogP contribution in [0.3, 0.4) is 0 Å². The van der Waals surface area contributed by atoms with E-state index in [4.69, 9.17) is 16.3 Å². The zero-order chi connectivity index (χ0) is 27.4. The van der Waals surface area contributed by atoms with Crippen LogP contribution < -0.4 is 15.5 Å². The molecular weight excluding hydrogens is 522 g/mol. The largest absolute Gasteiger partial charge is 0.497 e. The van der Waals surface area contributed by atoms with Crippen molar-refractivity contribution in [2.24, 2.45) is 7.05 Å². The number of aliphatic hydroxyl groups is 1. The minimum absolute atomic E-state index is 0.00904. The number of pyridine rings is 1. The lowest BCUT2D eigenvalue weighted by Crippen LogP contribution is -2.27. The molecule has 4 aromatic rings. The Bertz CT molecular complexity index is 1500. The van der Waals surface area contributed by atoms with Gasteiger partial charge < -0.3 is 19.7 Å². The van der Waals surface area contributed by atoms with Gasteiger partial charge in [0.15, 0.2) is 0 Å². The molecule has 0 bridgehead atoms. The summed E-state index contributed by atoms with van der Waals surface area (Å²) in [7, 11) is 5.45. The lowest BCUT2D eigenvalue weighted by atomic mass is 10.1. The fourth-order valence-electron chi connectivity index (χ4n) is 4.51. The Labute approximate surface area is 231 Å². The Morgan fingerprint density at radius 3 is 2.68 bits per heavy atom. The molecule has 38 heavy (non-hydrogen) atoms. The van der Waals surface area contributed by atoms with E-state index in [1.165, 1.54) is 11.3 Å². The van der Waals surface area contributed by atoms with E-state index in [2.05, 4.69) is 5.32 Å². The highest BCUT2D eigenvalue weighted by Crippen LogP contribution is 2.30. The number of rotatable bonds is 10. The summed E-state index contributed by atoms with van der Waals surface area (Å²) in [5.41, 5.74) is 3.98. The summed E-state index contributed by atoms with van der Waals surface area (Å²) in [6.45, 7) is 3.39. The molecule has 0 aliphatic carbocycles. The van der Waals surface area contributed by atoms with Gasteiger partial charge in [0, 0.05) is 48.3 Å². The number of aliphatic hydroxyl groups excluding tert-OH is 1. The molecule has 1 unspecified atom stereocenters. The molecule has 9 heteroatoms. The number of nitrogens with one attached hydrogen (secondary N) is 1. The van der Waals surface area contributed by atoms with Gasteiger partial charge in [-0.2, -0.15) is 0 Å². The van der Waals surface area contributed by atoms with Crippen LogP contribution in [0.1, 0.15) is 33.2 Å². The average Bonchev–Trinajstić information content (AvgIpc) is 3.23. The zero-order valence-electron chi connectivity index (χ0n) is 22.0. The molecule has 0 saturated heterocycles. The summed E-state index contributed by atoms with van der Waals surface area (Å²) in [5.74, 6) is 0.491. The first-order valence-corrected chi connectivity index (χ1v) is 13.5. The third-order valence-corrected chi connectivity index (χ3v) is 8.06. The van der Waals surface area contributed by atoms with Crippen molar-refractivity contribution in [1.29, 1.82) is 0 Å². The molecule has 7 nitrogen and oxygen atoms in total. The Morgan fingerprint density at radius 1 is 1.24 bits per heavy atom. The molecule has 0 saturated carbocycles. The van der Waals surface area contributed by atoms with Gasteiger partial charge in [-0.25, -0.2) is 0 Å². The van der Waals surface area contributed by atoms with E-state index in [0.717, 1.165) is 27.1 Å². The standard InChI is InChI=1S/C29H32ClN3O4S/c1-18-25(17-32(2)16-24(34)20-6-5-7-23(12-20)37-4)38-29-27(18)33(3)15-21(28(29)36)13-26(35)31-14-19-8-10-22(30)11-9-19/h5-12,15,24,34H,13-14,16-17H2,1-4H3,(H,31,35). The Balaban J connectivity index is 1.47. The van der Waals surface area contributed by atoms with E-state index in [9.17, 15) is 14.7 Å². The highest BCUT2D eigenvalue weighted by molar-refractivity contribution is 7.19. The van der Waals surface area contributed by atoms with Crippen LogP contribution in [0, 0.1) is 6.92 Å². The first-order chi connectivity index (χ1) is 18.2. The van der Waals surface area contributed by atoms with E-state index < -0.39 is 6.10 Å². The van der Waals surface area contributed by atoms with E-state index in [1.54, 1.807) is 25.4 Å². The van der Waals surface area contributed by atoms with Crippen LogP contribution >= 0.6 is 22.9 Å². The summed E-state index contributed by atoms with van der Waals surface area (Å²) in [6.07, 6.45) is 1.09. The summed E-state index contributed by atoms with van der Waals surface area (Å²) >= 11 is 7.37. The minimum atomic E-state index is -0.672. The van der Waals surface area contributed by atoms with Crippen molar-refractivity contribution in [2.75, 3.05) is 20.7 Å². The predicted octanol–water partition coefficient (Wildman–Crippen LogP) is 4.59. The molecule has 2 aromatic carbocycles. The zero-order valence-corrected chi connectivity index (χ0v) is 23.5. The summed E-state index contributed by atoms with van der Waals surface area (Å²) in [4.78, 5) is 29.0. The highest BCUT2D eigenvalue weighted by Gasteiger charge is 2.19. The van der Waals surface area contributed by atoms with Crippen molar-refractivity contribution in [3.05, 3.63) is 97.1 Å². The second kappa shape index (κ2) is 12.1. The molecule has 0 fully saturated rings. The first-order valence-electron chi connectivity index (χ1n) is 12.3. The Kier molecular flexibility index (Phi) is 8.89. The molecule has 2 heterocycles. The number of aromatic nitrogens is 1. The molecule has 0 aliphatic heterocycles. The SMILES string of the molecule is COc1cccc(C(O)CN(C)Cc2sc3c(=O)c(CC(=O)NCc4ccc(Cl)cc4)cn(C)c3c2C)c1. The van der Waals surface area contributed by atoms with Crippen molar-refractivity contribution in [1.82, 2.24) is 14.8 Å². The monoisotopic (exact) mass is 553 g/mol. The first kappa shape index (κ1) is 27.9. The van der Waals surface area contributed by atoms with Crippen molar-refractivity contribution >= 4 is 39.1 Å². The van der Waals surface area contributed by atoms with Crippen LogP contribution in [0.2, 0.25) is 5.02 Å². The normalized spacial score (nSPS) is 12.2. The number of likely N-dealkylation sites (N-methyl/N-ethyl adjacent to an activating group) is 1. The quantitative estimate of drug-likeness (QED) is 0.300. The number of benzene rings is 2. The molecule has 2 aromatic heterocycles. The van der Waals surface area contributed by atoms with E-state index in [0.29, 0.717) is 40.7 Å². The van der Waals surface area contributed by atoms with Gasteiger partial charge in [-0.05, 0) is 54.9 Å². The molecule has 200 valence electrons. The number of ether oxygens (including phenoxy) is 1. The van der Waals surface area contributed by atoms with Gasteiger partial charge in [0.25, 0.3) is 0 Å². The molecule has 4 rings (SSSR count). The number of aryl methyl sites for hydroxylation is 2. The molecule has 0 radical (unpaired) electrons. The number of hydrogen-bond donors (Lipinski definition) is 2. The van der Waals surface area contributed by atoms with Crippen LogP contribution in [0.15, 0.2) is 59.5 Å². The molecule has 1 atom stereocenters. The third-order valence-electron chi connectivity index (χ3n) is 6.54. The molecule has 0 aliphatic rings. The second-order valence-electron chi connectivity index (χ2n) is 9.49. The maximum atomic E-state index is 13.3. The topological polar surface area (TPSA) is 83.8 Å². The number of fused-ring (bicyclic) bond motifs is 1. The number of amides is 1. The average molecular weight is 554 g/mol. The highest BCUT2D eigenvalue weighted by atomic mass is 35.5. The fraction of sp³-hybridized carbons (Fsp3) is 0.310. The van der Waals surface area contributed by atoms with Gasteiger partial charge in [0.1, 0.15) is 5.75 Å². The number of methoxy groups -OCH3 is 1. The molecular formula is C29H32ClN3O4S.